The van der Waals surface area contributed by atoms with E-state index in [1.54, 1.807) is 37.3 Å². The van der Waals surface area contributed by atoms with Crippen LogP contribution in [-0.4, -0.2) is 35.2 Å². The number of allylic oxidation sites excluding steroid dienone is 1. The smallest absolute Gasteiger partial charge is 0.338 e. The minimum atomic E-state index is -0.392. The van der Waals surface area contributed by atoms with Crippen LogP contribution in [0.1, 0.15) is 25.5 Å². The molecule has 4 rings (SSSR count). The zero-order chi connectivity index (χ0) is 24.2. The molecule has 2 aromatic rings. The summed E-state index contributed by atoms with van der Waals surface area (Å²) >= 11 is 13.4. The number of carbonyl (C=O) groups is 2. The third-order valence-electron chi connectivity index (χ3n) is 5.03. The van der Waals surface area contributed by atoms with E-state index in [1.165, 1.54) is 11.8 Å². The summed E-state index contributed by atoms with van der Waals surface area (Å²) < 4.78 is 10.9. The zero-order valence-corrected chi connectivity index (χ0v) is 20.7. The Morgan fingerprint density at radius 3 is 2.53 bits per heavy atom. The molecule has 0 unspecified atom stereocenters. The minimum Gasteiger partial charge on any atom is -0.484 e. The van der Waals surface area contributed by atoms with E-state index >= 15 is 0 Å². The molecule has 1 atom stereocenters. The van der Waals surface area contributed by atoms with E-state index in [4.69, 9.17) is 32.7 Å². The lowest BCUT2D eigenvalue weighted by molar-refractivity contribution is -0.139. The highest BCUT2D eigenvalue weighted by Crippen LogP contribution is 2.41. The number of fused-ring (bicyclic) bond motifs is 1. The van der Waals surface area contributed by atoms with Gasteiger partial charge in [-0.05, 0) is 55.2 Å². The van der Waals surface area contributed by atoms with Crippen LogP contribution in [0.15, 0.2) is 70.3 Å². The fourth-order valence-electron chi connectivity index (χ4n) is 3.62. The number of amidine groups is 1. The third-order valence-corrected chi connectivity index (χ3v) is 6.24. The van der Waals surface area contributed by atoms with E-state index in [9.17, 15) is 9.59 Å². The Kier molecular flexibility index (Phi) is 7.50. The first kappa shape index (κ1) is 24.2. The number of nitrogens with one attached hydrogen (secondary N) is 1. The summed E-state index contributed by atoms with van der Waals surface area (Å²) in [6.45, 7) is 3.67. The number of ether oxygens (including phenoxy) is 2. The van der Waals surface area contributed by atoms with Gasteiger partial charge in [0, 0.05) is 21.9 Å². The van der Waals surface area contributed by atoms with E-state index in [2.05, 4.69) is 10.3 Å². The fourth-order valence-corrected chi connectivity index (χ4v) is 4.93. The lowest BCUT2D eigenvalue weighted by atomic mass is 9.95. The van der Waals surface area contributed by atoms with Gasteiger partial charge < -0.3 is 19.7 Å². The molecule has 1 N–H and O–H groups in total. The highest BCUT2D eigenvalue weighted by atomic mass is 35.5. The topological polar surface area (TPSA) is 80.2 Å². The number of hydrogen-bond acceptors (Lipinski definition) is 7. The zero-order valence-electron chi connectivity index (χ0n) is 18.4. The van der Waals surface area contributed by atoms with Crippen LogP contribution in [0, 0.1) is 0 Å². The molecule has 0 bridgehead atoms. The monoisotopic (exact) mass is 517 g/mol. The molecule has 7 nitrogen and oxygen atoms in total. The number of carbonyl (C=O) groups excluding carboxylic acids is 2. The van der Waals surface area contributed by atoms with Gasteiger partial charge in [-0.25, -0.2) is 9.79 Å². The molecule has 10 heteroatoms. The Labute approximate surface area is 211 Å². The Morgan fingerprint density at radius 2 is 1.85 bits per heavy atom. The van der Waals surface area contributed by atoms with Crippen molar-refractivity contribution in [1.82, 2.24) is 4.90 Å². The quantitative estimate of drug-likeness (QED) is 0.469. The van der Waals surface area contributed by atoms with Crippen LogP contribution in [0.5, 0.6) is 5.75 Å². The molecule has 1 amide bonds. The number of benzene rings is 2. The van der Waals surface area contributed by atoms with Crippen molar-refractivity contribution < 1.29 is 19.1 Å². The first-order valence-electron chi connectivity index (χ1n) is 10.4. The van der Waals surface area contributed by atoms with Gasteiger partial charge in [0.15, 0.2) is 11.8 Å². The normalized spacial score (nSPS) is 16.8. The summed E-state index contributed by atoms with van der Waals surface area (Å²) in [5.74, 6) is -0.230. The summed E-state index contributed by atoms with van der Waals surface area (Å²) in [5.41, 5.74) is 2.48. The first-order chi connectivity index (χ1) is 16.4. The van der Waals surface area contributed by atoms with Crippen molar-refractivity contribution in [1.29, 1.82) is 0 Å². The number of aliphatic imine (C=N–C) groups is 1. The molecule has 0 spiro atoms. The van der Waals surface area contributed by atoms with Crippen molar-refractivity contribution >= 4 is 57.7 Å². The van der Waals surface area contributed by atoms with E-state index in [0.29, 0.717) is 32.8 Å². The fraction of sp³-hybridized carbons (Fsp3) is 0.208. The van der Waals surface area contributed by atoms with Crippen molar-refractivity contribution in [2.45, 2.75) is 19.9 Å². The average molecular weight is 518 g/mol. The molecular weight excluding hydrogens is 497 g/mol. The second kappa shape index (κ2) is 10.5. The van der Waals surface area contributed by atoms with E-state index in [1.807, 2.05) is 35.6 Å². The number of anilines is 1. The number of esters is 1. The largest absolute Gasteiger partial charge is 0.484 e. The summed E-state index contributed by atoms with van der Waals surface area (Å²) in [5, 5.41) is 6.27. The van der Waals surface area contributed by atoms with Gasteiger partial charge in [-0.3, -0.25) is 4.79 Å². The van der Waals surface area contributed by atoms with Gasteiger partial charge in [0.1, 0.15) is 5.75 Å². The lowest BCUT2D eigenvalue weighted by Gasteiger charge is -2.33. The van der Waals surface area contributed by atoms with Crippen molar-refractivity contribution in [3.8, 4) is 5.75 Å². The maximum absolute atomic E-state index is 12.7. The van der Waals surface area contributed by atoms with Crippen molar-refractivity contribution in [2.75, 3.05) is 18.5 Å². The summed E-state index contributed by atoms with van der Waals surface area (Å²) in [6.07, 6.45) is 1.90. The van der Waals surface area contributed by atoms with E-state index in [-0.39, 0.29) is 25.2 Å². The summed E-state index contributed by atoms with van der Waals surface area (Å²) in [6, 6.07) is 11.7. The summed E-state index contributed by atoms with van der Waals surface area (Å²) in [7, 11) is 0. The first-order valence-corrected chi connectivity index (χ1v) is 12.1. The molecule has 0 radical (unpaired) electrons. The molecule has 0 saturated heterocycles. The Balaban J connectivity index is 1.46. The van der Waals surface area contributed by atoms with Crippen LogP contribution < -0.4 is 10.1 Å². The molecular formula is C24H21Cl2N3O4S. The minimum absolute atomic E-state index is 0.192. The standard InChI is InChI=1S/C24H21Cl2N3O4S/c1-3-32-23(31)21-14(2)27-24-29(8-9-34-24)22(21)15-4-6-19(7-5-15)33-13-20(30)28-18-11-16(25)10-17(26)12-18/h4-12,22H,3,13H2,1-2H3,(H,28,30)/t22-/m1/s1. The Bertz CT molecular complexity index is 1190. The van der Waals surface area contributed by atoms with Crippen LogP contribution in [-0.2, 0) is 14.3 Å². The molecule has 0 aromatic heterocycles. The van der Waals surface area contributed by atoms with Gasteiger partial charge in [0.2, 0.25) is 0 Å². The number of nitrogens with zero attached hydrogens (tertiary/aromatic N) is 2. The molecule has 2 heterocycles. The Hall–Kier alpha value is -2.94. The molecule has 2 aliphatic heterocycles. The number of halogens is 2. The van der Waals surface area contributed by atoms with Gasteiger partial charge in [0.25, 0.3) is 5.91 Å². The lowest BCUT2D eigenvalue weighted by Crippen LogP contribution is -2.34. The molecule has 2 aliphatic rings. The second-order valence-electron chi connectivity index (χ2n) is 7.39. The molecule has 176 valence electrons. The van der Waals surface area contributed by atoms with Crippen LogP contribution in [0.25, 0.3) is 0 Å². The second-order valence-corrected chi connectivity index (χ2v) is 9.14. The molecule has 0 aliphatic carbocycles. The van der Waals surface area contributed by atoms with Crippen LogP contribution >= 0.6 is 35.0 Å². The van der Waals surface area contributed by atoms with Gasteiger partial charge >= 0.3 is 5.97 Å². The van der Waals surface area contributed by atoms with Crippen LogP contribution in [0.4, 0.5) is 5.69 Å². The van der Waals surface area contributed by atoms with Crippen molar-refractivity contribution in [2.24, 2.45) is 4.99 Å². The number of amides is 1. The van der Waals surface area contributed by atoms with E-state index in [0.717, 1.165) is 10.7 Å². The number of hydrogen-bond donors (Lipinski definition) is 1. The molecule has 2 aromatic carbocycles. The predicted octanol–water partition coefficient (Wildman–Crippen LogP) is 5.78. The summed E-state index contributed by atoms with van der Waals surface area (Å²) in [4.78, 5) is 31.5. The highest BCUT2D eigenvalue weighted by Gasteiger charge is 2.37. The molecule has 34 heavy (non-hydrogen) atoms. The maximum Gasteiger partial charge on any atom is 0.338 e. The number of thioether (sulfide) groups is 1. The SMILES string of the molecule is CCOC(=O)C1=C(C)N=C2SC=CN2[C@@H]1c1ccc(OCC(=O)Nc2cc(Cl)cc(Cl)c2)cc1. The number of rotatable bonds is 7. The molecule has 0 saturated carbocycles. The molecule has 0 fully saturated rings. The van der Waals surface area contributed by atoms with Gasteiger partial charge in [-0.1, -0.05) is 47.1 Å². The van der Waals surface area contributed by atoms with Gasteiger partial charge in [-0.2, -0.15) is 0 Å². The van der Waals surface area contributed by atoms with Crippen molar-refractivity contribution in [3.05, 3.63) is 81.0 Å². The maximum atomic E-state index is 12.7. The van der Waals surface area contributed by atoms with E-state index < -0.39 is 5.97 Å². The van der Waals surface area contributed by atoms with Crippen LogP contribution in [0.2, 0.25) is 10.0 Å². The Morgan fingerprint density at radius 1 is 1.15 bits per heavy atom. The van der Waals surface area contributed by atoms with Gasteiger partial charge in [-0.15, -0.1) is 0 Å². The van der Waals surface area contributed by atoms with Crippen molar-refractivity contribution in [3.63, 3.8) is 0 Å². The van der Waals surface area contributed by atoms with Crippen LogP contribution in [0.3, 0.4) is 0 Å². The predicted molar refractivity (Wildman–Crippen MR) is 135 cm³/mol. The average Bonchev–Trinajstić information content (AvgIpc) is 3.24. The highest BCUT2D eigenvalue weighted by molar-refractivity contribution is 8.16. The third kappa shape index (κ3) is 5.41. The van der Waals surface area contributed by atoms with Gasteiger partial charge in [0.05, 0.1) is 23.9 Å².